The molecule has 2 amide bonds. The highest BCUT2D eigenvalue weighted by atomic mass is 16.2. The van der Waals surface area contributed by atoms with Crippen LogP contribution in [0.1, 0.15) is 29.3 Å². The lowest BCUT2D eigenvalue weighted by Gasteiger charge is -2.22. The fraction of sp³-hybridized carbons (Fsp3) is 0.467. The van der Waals surface area contributed by atoms with Crippen LogP contribution >= 0.6 is 0 Å². The van der Waals surface area contributed by atoms with Gasteiger partial charge in [0.15, 0.2) is 0 Å². The van der Waals surface area contributed by atoms with E-state index in [0.717, 1.165) is 12.0 Å². The third-order valence-electron chi connectivity index (χ3n) is 3.78. The summed E-state index contributed by atoms with van der Waals surface area (Å²) in [4.78, 5) is 27.5. The fourth-order valence-electron chi connectivity index (χ4n) is 2.47. The molecule has 0 bridgehead atoms. The second-order valence-electron chi connectivity index (χ2n) is 5.19. The summed E-state index contributed by atoms with van der Waals surface area (Å²) in [5, 5.41) is 0. The summed E-state index contributed by atoms with van der Waals surface area (Å²) in [6.07, 6.45) is 0.803. The third kappa shape index (κ3) is 2.92. The Bertz CT molecular complexity index is 528. The highest BCUT2D eigenvalue weighted by Crippen LogP contribution is 2.19. The van der Waals surface area contributed by atoms with Gasteiger partial charge in [0.05, 0.1) is 5.56 Å². The van der Waals surface area contributed by atoms with Gasteiger partial charge in [-0.25, -0.2) is 0 Å². The number of nitrogen functional groups attached to an aromatic ring is 1. The molecular formula is C15H21N3O2. The molecule has 0 spiro atoms. The van der Waals surface area contributed by atoms with Crippen LogP contribution in [0.3, 0.4) is 0 Å². The molecule has 0 aromatic heterocycles. The Hall–Kier alpha value is -2.04. The Morgan fingerprint density at radius 3 is 2.45 bits per heavy atom. The lowest BCUT2D eigenvalue weighted by Crippen LogP contribution is -2.36. The third-order valence-corrected chi connectivity index (χ3v) is 3.78. The minimum Gasteiger partial charge on any atom is -0.398 e. The number of hydrogen-bond acceptors (Lipinski definition) is 3. The average molecular weight is 275 g/mol. The molecule has 1 aromatic rings. The van der Waals surface area contributed by atoms with Crippen molar-refractivity contribution in [2.24, 2.45) is 0 Å². The Morgan fingerprint density at radius 1 is 1.10 bits per heavy atom. The van der Waals surface area contributed by atoms with E-state index in [0.29, 0.717) is 37.4 Å². The molecular weight excluding hydrogens is 254 g/mol. The summed E-state index contributed by atoms with van der Waals surface area (Å²) in [5.74, 6) is 0.0194. The highest BCUT2D eigenvalue weighted by Gasteiger charge is 2.22. The maximum absolute atomic E-state index is 12.5. The maximum atomic E-state index is 12.5. The number of carbonyl (C=O) groups is 2. The van der Waals surface area contributed by atoms with Gasteiger partial charge in [-0.3, -0.25) is 9.59 Å². The minimum absolute atomic E-state index is 0.0448. The monoisotopic (exact) mass is 275 g/mol. The summed E-state index contributed by atoms with van der Waals surface area (Å²) < 4.78 is 0. The predicted octanol–water partition coefficient (Wildman–Crippen LogP) is 1.27. The smallest absolute Gasteiger partial charge is 0.256 e. The first kappa shape index (κ1) is 14.4. The average Bonchev–Trinajstić information content (AvgIpc) is 2.67. The lowest BCUT2D eigenvalue weighted by atomic mass is 10.1. The summed E-state index contributed by atoms with van der Waals surface area (Å²) in [7, 11) is 0. The molecule has 0 radical (unpaired) electrons. The zero-order chi connectivity index (χ0) is 14.7. The van der Waals surface area contributed by atoms with Crippen molar-refractivity contribution in [1.82, 2.24) is 9.80 Å². The van der Waals surface area contributed by atoms with E-state index in [2.05, 4.69) is 0 Å². The van der Waals surface area contributed by atoms with Gasteiger partial charge >= 0.3 is 0 Å². The number of aryl methyl sites for hydroxylation is 1. The second kappa shape index (κ2) is 5.94. The molecule has 5 heteroatoms. The summed E-state index contributed by atoms with van der Waals surface area (Å²) in [6, 6.07) is 5.50. The Labute approximate surface area is 119 Å². The number of hydrogen-bond donors (Lipinski definition) is 1. The zero-order valence-electron chi connectivity index (χ0n) is 12.1. The van der Waals surface area contributed by atoms with Crippen LogP contribution in [0.25, 0.3) is 0 Å². The second-order valence-corrected chi connectivity index (χ2v) is 5.19. The molecule has 1 heterocycles. The fourth-order valence-corrected chi connectivity index (χ4v) is 2.47. The first-order chi connectivity index (χ1) is 9.50. The number of rotatable bonds is 1. The summed E-state index contributed by atoms with van der Waals surface area (Å²) in [6.45, 7) is 5.99. The van der Waals surface area contributed by atoms with Crippen molar-refractivity contribution in [3.05, 3.63) is 29.3 Å². The van der Waals surface area contributed by atoms with Crippen molar-refractivity contribution in [3.63, 3.8) is 0 Å². The number of para-hydroxylation sites is 1. The van der Waals surface area contributed by atoms with Crippen molar-refractivity contribution in [2.45, 2.75) is 20.3 Å². The van der Waals surface area contributed by atoms with Gasteiger partial charge < -0.3 is 15.5 Å². The highest BCUT2D eigenvalue weighted by molar-refractivity contribution is 5.99. The van der Waals surface area contributed by atoms with Crippen LogP contribution in [-0.2, 0) is 4.79 Å². The van der Waals surface area contributed by atoms with Crippen molar-refractivity contribution in [2.75, 3.05) is 31.9 Å². The van der Waals surface area contributed by atoms with Crippen LogP contribution in [0.5, 0.6) is 0 Å². The van der Waals surface area contributed by atoms with Gasteiger partial charge in [-0.1, -0.05) is 12.1 Å². The van der Waals surface area contributed by atoms with E-state index in [1.165, 1.54) is 0 Å². The van der Waals surface area contributed by atoms with Crippen LogP contribution < -0.4 is 5.73 Å². The predicted molar refractivity (Wildman–Crippen MR) is 78.4 cm³/mol. The minimum atomic E-state index is -0.0448. The van der Waals surface area contributed by atoms with Crippen LogP contribution in [0.2, 0.25) is 0 Å². The van der Waals surface area contributed by atoms with Gasteiger partial charge in [0.2, 0.25) is 5.91 Å². The standard InChI is InChI=1S/C15H21N3O2/c1-11-5-3-6-13(14(11)16)15(20)18-8-4-7-17(9-10-18)12(2)19/h3,5-6H,4,7-10,16H2,1-2H3. The van der Waals surface area contributed by atoms with Crippen LogP contribution in [0.15, 0.2) is 18.2 Å². The van der Waals surface area contributed by atoms with Crippen molar-refractivity contribution in [3.8, 4) is 0 Å². The maximum Gasteiger partial charge on any atom is 0.256 e. The van der Waals surface area contributed by atoms with E-state index in [-0.39, 0.29) is 11.8 Å². The SMILES string of the molecule is CC(=O)N1CCCN(C(=O)c2cccc(C)c2N)CC1. The van der Waals surface area contributed by atoms with Gasteiger partial charge in [-0.15, -0.1) is 0 Å². The molecule has 1 aromatic carbocycles. The van der Waals surface area contributed by atoms with Gasteiger partial charge in [0, 0.05) is 38.8 Å². The Balaban J connectivity index is 2.13. The van der Waals surface area contributed by atoms with Crippen molar-refractivity contribution >= 4 is 17.5 Å². The zero-order valence-corrected chi connectivity index (χ0v) is 12.1. The summed E-state index contributed by atoms with van der Waals surface area (Å²) >= 11 is 0. The van der Waals surface area contributed by atoms with E-state index in [4.69, 9.17) is 5.73 Å². The molecule has 1 aliphatic heterocycles. The van der Waals surface area contributed by atoms with Crippen LogP contribution in [0, 0.1) is 6.92 Å². The first-order valence-electron chi connectivity index (χ1n) is 6.90. The molecule has 0 atom stereocenters. The van der Waals surface area contributed by atoms with E-state index in [9.17, 15) is 9.59 Å². The first-order valence-corrected chi connectivity index (χ1v) is 6.90. The molecule has 20 heavy (non-hydrogen) atoms. The molecule has 0 aliphatic carbocycles. The van der Waals surface area contributed by atoms with Gasteiger partial charge in [-0.2, -0.15) is 0 Å². The molecule has 5 nitrogen and oxygen atoms in total. The van der Waals surface area contributed by atoms with Crippen LogP contribution in [-0.4, -0.2) is 47.8 Å². The summed E-state index contributed by atoms with van der Waals surface area (Å²) in [5.41, 5.74) is 8.01. The largest absolute Gasteiger partial charge is 0.398 e. The van der Waals surface area contributed by atoms with E-state index in [1.54, 1.807) is 22.8 Å². The number of nitrogens with zero attached hydrogens (tertiary/aromatic N) is 2. The Morgan fingerprint density at radius 2 is 1.75 bits per heavy atom. The molecule has 1 aliphatic rings. The quantitative estimate of drug-likeness (QED) is 0.785. The van der Waals surface area contributed by atoms with Crippen molar-refractivity contribution < 1.29 is 9.59 Å². The van der Waals surface area contributed by atoms with Crippen molar-refractivity contribution in [1.29, 1.82) is 0 Å². The molecule has 108 valence electrons. The van der Waals surface area contributed by atoms with E-state index >= 15 is 0 Å². The molecule has 2 N–H and O–H groups in total. The number of benzene rings is 1. The van der Waals surface area contributed by atoms with Gasteiger partial charge in [0.25, 0.3) is 5.91 Å². The topological polar surface area (TPSA) is 66.6 Å². The molecule has 0 saturated carbocycles. The number of nitrogens with two attached hydrogens (primary N) is 1. The normalized spacial score (nSPS) is 15.9. The van der Waals surface area contributed by atoms with Gasteiger partial charge in [-0.05, 0) is 25.0 Å². The van der Waals surface area contributed by atoms with E-state index in [1.807, 2.05) is 19.1 Å². The Kier molecular flexibility index (Phi) is 4.27. The van der Waals surface area contributed by atoms with Gasteiger partial charge in [0.1, 0.15) is 0 Å². The molecule has 2 rings (SSSR count). The number of carbonyl (C=O) groups excluding carboxylic acids is 2. The number of amides is 2. The number of anilines is 1. The molecule has 0 unspecified atom stereocenters. The van der Waals surface area contributed by atoms with E-state index < -0.39 is 0 Å². The molecule has 1 saturated heterocycles. The lowest BCUT2D eigenvalue weighted by molar-refractivity contribution is -0.128. The van der Waals surface area contributed by atoms with Crippen LogP contribution in [0.4, 0.5) is 5.69 Å². The molecule has 1 fully saturated rings.